The molecule has 0 radical (unpaired) electrons. The second-order valence-corrected chi connectivity index (χ2v) is 5.16. The van der Waals surface area contributed by atoms with Gasteiger partial charge in [-0.25, -0.2) is 0 Å². The summed E-state index contributed by atoms with van der Waals surface area (Å²) in [5.74, 6) is -0.0981. The van der Waals surface area contributed by atoms with Gasteiger partial charge in [0.15, 0.2) is 0 Å². The Labute approximate surface area is 113 Å². The molecule has 0 spiro atoms. The summed E-state index contributed by atoms with van der Waals surface area (Å²) in [6.07, 6.45) is 3.57. The zero-order valence-electron chi connectivity index (χ0n) is 10.7. The predicted octanol–water partition coefficient (Wildman–Crippen LogP) is 0.0882. The Hall–Kier alpha value is -0.750. The molecule has 6 heteroatoms. The van der Waals surface area contributed by atoms with Gasteiger partial charge in [0.25, 0.3) is 0 Å². The van der Waals surface area contributed by atoms with Crippen molar-refractivity contribution in [1.29, 1.82) is 0 Å². The van der Waals surface area contributed by atoms with E-state index in [4.69, 9.17) is 0 Å². The quantitative estimate of drug-likeness (QED) is 0.537. The molecule has 1 fully saturated rings. The Morgan fingerprint density at radius 1 is 1.39 bits per heavy atom. The van der Waals surface area contributed by atoms with Crippen LogP contribution in [-0.4, -0.2) is 41.4 Å². The van der Waals surface area contributed by atoms with Gasteiger partial charge >= 0.3 is 0 Å². The average molecular weight is 274 g/mol. The summed E-state index contributed by atoms with van der Waals surface area (Å²) in [5.41, 5.74) is 0. The molecule has 3 unspecified atom stereocenters. The fourth-order valence-electron chi connectivity index (χ4n) is 2.22. The molecule has 3 N–H and O–H groups in total. The van der Waals surface area contributed by atoms with Crippen molar-refractivity contribution in [2.24, 2.45) is 5.92 Å². The van der Waals surface area contributed by atoms with E-state index in [1.54, 1.807) is 0 Å². The molecule has 0 aromatic rings. The van der Waals surface area contributed by atoms with E-state index in [1.165, 1.54) is 6.92 Å². The van der Waals surface area contributed by atoms with Crippen LogP contribution < -0.4 is 10.6 Å². The number of hydrogen-bond donors (Lipinski definition) is 4. The average Bonchev–Trinajstić information content (AvgIpc) is 2.34. The normalized spacial score (nSPS) is 25.3. The fourth-order valence-corrected chi connectivity index (χ4v) is 2.48. The molecule has 0 bridgehead atoms. The lowest BCUT2D eigenvalue weighted by Crippen LogP contribution is -2.49. The van der Waals surface area contributed by atoms with Crippen LogP contribution in [0.1, 0.15) is 32.6 Å². The van der Waals surface area contributed by atoms with Crippen LogP contribution in [0.15, 0.2) is 0 Å². The van der Waals surface area contributed by atoms with Gasteiger partial charge in [-0.1, -0.05) is 12.8 Å². The third kappa shape index (κ3) is 4.86. The largest absolute Gasteiger partial charge is 0.393 e. The molecule has 0 saturated heterocycles. The van der Waals surface area contributed by atoms with E-state index in [1.807, 2.05) is 0 Å². The second kappa shape index (κ2) is 7.63. The van der Waals surface area contributed by atoms with Gasteiger partial charge in [0.1, 0.15) is 6.04 Å². The maximum absolute atomic E-state index is 11.8. The number of aliphatic hydroxyl groups is 1. The first-order valence-corrected chi connectivity index (χ1v) is 7.01. The van der Waals surface area contributed by atoms with Gasteiger partial charge in [-0.05, 0) is 12.8 Å². The first-order chi connectivity index (χ1) is 8.54. The predicted molar refractivity (Wildman–Crippen MR) is 72.4 cm³/mol. The first-order valence-electron chi connectivity index (χ1n) is 6.38. The summed E-state index contributed by atoms with van der Waals surface area (Å²) in [7, 11) is 0. The van der Waals surface area contributed by atoms with Crippen molar-refractivity contribution in [3.63, 3.8) is 0 Å². The summed E-state index contributed by atoms with van der Waals surface area (Å²) < 4.78 is 0. The van der Waals surface area contributed by atoms with E-state index >= 15 is 0 Å². The van der Waals surface area contributed by atoms with Crippen molar-refractivity contribution in [2.75, 3.05) is 12.3 Å². The molecule has 2 amide bonds. The highest BCUT2D eigenvalue weighted by atomic mass is 32.1. The van der Waals surface area contributed by atoms with Crippen LogP contribution in [-0.2, 0) is 9.59 Å². The minimum absolute atomic E-state index is 0.126. The van der Waals surface area contributed by atoms with Crippen LogP contribution in [0, 0.1) is 5.92 Å². The molecule has 0 aromatic heterocycles. The van der Waals surface area contributed by atoms with Gasteiger partial charge in [0.05, 0.1) is 6.10 Å². The highest BCUT2D eigenvalue weighted by Gasteiger charge is 2.25. The van der Waals surface area contributed by atoms with Gasteiger partial charge in [-0.2, -0.15) is 12.6 Å². The summed E-state index contributed by atoms with van der Waals surface area (Å²) in [4.78, 5) is 22.7. The lowest BCUT2D eigenvalue weighted by atomic mass is 9.86. The minimum Gasteiger partial charge on any atom is -0.393 e. The van der Waals surface area contributed by atoms with Crippen LogP contribution in [0.5, 0.6) is 0 Å². The van der Waals surface area contributed by atoms with E-state index in [-0.39, 0.29) is 29.6 Å². The highest BCUT2D eigenvalue weighted by molar-refractivity contribution is 7.80. The summed E-state index contributed by atoms with van der Waals surface area (Å²) >= 11 is 4.04. The molecule has 18 heavy (non-hydrogen) atoms. The maximum atomic E-state index is 11.8. The van der Waals surface area contributed by atoms with Gasteiger partial charge in [0.2, 0.25) is 11.8 Å². The fraction of sp³-hybridized carbons (Fsp3) is 0.833. The number of carbonyl (C=O) groups is 2. The van der Waals surface area contributed by atoms with Crippen molar-refractivity contribution >= 4 is 24.4 Å². The van der Waals surface area contributed by atoms with Crippen molar-refractivity contribution < 1.29 is 14.7 Å². The monoisotopic (exact) mass is 274 g/mol. The van der Waals surface area contributed by atoms with E-state index in [2.05, 4.69) is 23.3 Å². The minimum atomic E-state index is -0.605. The van der Waals surface area contributed by atoms with Gasteiger partial charge in [-0.3, -0.25) is 9.59 Å². The Balaban J connectivity index is 2.36. The number of nitrogens with one attached hydrogen (secondary N) is 2. The number of aliphatic hydroxyl groups excluding tert-OH is 1. The van der Waals surface area contributed by atoms with E-state index < -0.39 is 6.04 Å². The molecule has 3 atom stereocenters. The summed E-state index contributed by atoms with van der Waals surface area (Å²) in [6, 6.07) is -0.605. The Morgan fingerprint density at radius 3 is 2.61 bits per heavy atom. The molecule has 1 aliphatic carbocycles. The van der Waals surface area contributed by atoms with Crippen molar-refractivity contribution in [1.82, 2.24) is 10.6 Å². The van der Waals surface area contributed by atoms with Crippen molar-refractivity contribution in [3.8, 4) is 0 Å². The SMILES string of the molecule is CC(=O)NC(CS)C(=O)NCC1CCCCC1O. The molecular weight excluding hydrogens is 252 g/mol. The summed E-state index contributed by atoms with van der Waals surface area (Å²) in [5, 5.41) is 15.1. The van der Waals surface area contributed by atoms with Crippen LogP contribution in [0.25, 0.3) is 0 Å². The smallest absolute Gasteiger partial charge is 0.243 e. The molecule has 0 heterocycles. The molecule has 1 rings (SSSR count). The number of rotatable bonds is 5. The molecule has 1 aliphatic rings. The molecule has 1 saturated carbocycles. The van der Waals surface area contributed by atoms with Crippen LogP contribution in [0.3, 0.4) is 0 Å². The maximum Gasteiger partial charge on any atom is 0.243 e. The number of hydrogen-bond acceptors (Lipinski definition) is 4. The molecular formula is C12H22N2O3S. The Kier molecular flexibility index (Phi) is 6.49. The number of thiol groups is 1. The first kappa shape index (κ1) is 15.3. The van der Waals surface area contributed by atoms with Crippen molar-refractivity contribution in [3.05, 3.63) is 0 Å². The number of carbonyl (C=O) groups excluding carboxylic acids is 2. The molecule has 0 aliphatic heterocycles. The third-order valence-corrected chi connectivity index (χ3v) is 3.65. The summed E-state index contributed by atoms with van der Waals surface area (Å²) in [6.45, 7) is 1.83. The van der Waals surface area contributed by atoms with Crippen LogP contribution in [0.4, 0.5) is 0 Å². The zero-order valence-corrected chi connectivity index (χ0v) is 11.6. The van der Waals surface area contributed by atoms with E-state index in [9.17, 15) is 14.7 Å². The lowest BCUT2D eigenvalue weighted by molar-refractivity contribution is -0.127. The van der Waals surface area contributed by atoms with Gasteiger partial charge in [-0.15, -0.1) is 0 Å². The Bertz CT molecular complexity index is 299. The molecule has 0 aromatic carbocycles. The van der Waals surface area contributed by atoms with Crippen LogP contribution in [0.2, 0.25) is 0 Å². The van der Waals surface area contributed by atoms with Crippen molar-refractivity contribution in [2.45, 2.75) is 44.8 Å². The topological polar surface area (TPSA) is 78.4 Å². The second-order valence-electron chi connectivity index (χ2n) is 4.79. The number of amides is 2. The van der Waals surface area contributed by atoms with E-state index in [0.29, 0.717) is 6.54 Å². The Morgan fingerprint density at radius 2 is 2.06 bits per heavy atom. The highest BCUT2D eigenvalue weighted by Crippen LogP contribution is 2.23. The van der Waals surface area contributed by atoms with Gasteiger partial charge in [0, 0.05) is 25.1 Å². The third-order valence-electron chi connectivity index (χ3n) is 3.28. The standard InChI is InChI=1S/C12H22N2O3S/c1-8(15)14-10(7-18)12(17)13-6-9-4-2-3-5-11(9)16/h9-11,16,18H,2-7H2,1H3,(H,13,17)(H,14,15). The van der Waals surface area contributed by atoms with E-state index in [0.717, 1.165) is 25.7 Å². The van der Waals surface area contributed by atoms with Crippen LogP contribution >= 0.6 is 12.6 Å². The van der Waals surface area contributed by atoms with Gasteiger partial charge < -0.3 is 15.7 Å². The zero-order chi connectivity index (χ0) is 13.5. The molecule has 5 nitrogen and oxygen atoms in total. The lowest BCUT2D eigenvalue weighted by Gasteiger charge is -2.28. The molecule has 104 valence electrons.